The van der Waals surface area contributed by atoms with Crippen molar-refractivity contribution in [2.75, 3.05) is 26.7 Å². The molecular formula is C24H33ClN2O4S. The third kappa shape index (κ3) is 4.46. The number of nitrogens with zero attached hydrogens (tertiary/aromatic N) is 1. The molecule has 4 bridgehead atoms. The molecule has 0 radical (unpaired) electrons. The molecule has 176 valence electrons. The molecule has 4 aliphatic carbocycles. The van der Waals surface area contributed by atoms with Crippen molar-refractivity contribution in [3.8, 4) is 0 Å². The molecule has 1 heterocycles. The van der Waals surface area contributed by atoms with E-state index in [4.69, 9.17) is 16.3 Å². The third-order valence-corrected chi connectivity index (χ3v) is 9.98. The van der Waals surface area contributed by atoms with Crippen molar-refractivity contribution in [1.29, 1.82) is 0 Å². The first-order valence-electron chi connectivity index (χ1n) is 11.9. The summed E-state index contributed by atoms with van der Waals surface area (Å²) in [5, 5.41) is 0.116. The van der Waals surface area contributed by atoms with Crippen molar-refractivity contribution < 1.29 is 17.9 Å². The lowest BCUT2D eigenvalue weighted by molar-refractivity contribution is -0.0629. The summed E-state index contributed by atoms with van der Waals surface area (Å²) in [6.45, 7) is 1.62. The number of hydrogen-bond acceptors (Lipinski definition) is 4. The van der Waals surface area contributed by atoms with Crippen molar-refractivity contribution in [1.82, 2.24) is 9.62 Å². The minimum absolute atomic E-state index is 0.0498. The summed E-state index contributed by atoms with van der Waals surface area (Å²) in [4.78, 5) is 15.0. The maximum Gasteiger partial charge on any atom is 0.253 e. The van der Waals surface area contributed by atoms with Crippen LogP contribution in [0.5, 0.6) is 0 Å². The standard InChI is InChI=1S/C24H33ClN2O4S/c1-27(15-24-11-16-7-17(12-24)9-18(8-16)13-24)23(28)19-4-5-21(25)22(10-19)32(29,30)26-14-20-3-2-6-31-20/h4-5,10,16-18,20,26H,2-3,6-9,11-15H2,1H3/t16?,17?,18?,20-,24?/m0/s1. The summed E-state index contributed by atoms with van der Waals surface area (Å²) in [5.74, 6) is 2.33. The first-order chi connectivity index (χ1) is 15.2. The number of carbonyl (C=O) groups excluding carboxylic acids is 1. The Morgan fingerprint density at radius 2 is 1.84 bits per heavy atom. The molecule has 0 spiro atoms. The molecule has 8 heteroatoms. The second-order valence-corrected chi connectivity index (χ2v) is 12.9. The fourth-order valence-corrected chi connectivity index (χ4v) is 8.80. The molecule has 1 aromatic rings. The highest BCUT2D eigenvalue weighted by molar-refractivity contribution is 7.89. The number of benzene rings is 1. The fourth-order valence-electron chi connectivity index (χ4n) is 7.21. The topological polar surface area (TPSA) is 75.7 Å². The monoisotopic (exact) mass is 480 g/mol. The van der Waals surface area contributed by atoms with Crippen molar-refractivity contribution in [3.05, 3.63) is 28.8 Å². The summed E-state index contributed by atoms with van der Waals surface area (Å²) in [6.07, 6.45) is 9.45. The quantitative estimate of drug-likeness (QED) is 0.637. The van der Waals surface area contributed by atoms with Crippen LogP contribution in [0.2, 0.25) is 5.02 Å². The zero-order valence-corrected chi connectivity index (χ0v) is 20.3. The van der Waals surface area contributed by atoms with Gasteiger partial charge in [-0.15, -0.1) is 0 Å². The van der Waals surface area contributed by atoms with Crippen LogP contribution in [0.3, 0.4) is 0 Å². The van der Waals surface area contributed by atoms with Gasteiger partial charge in [-0.05, 0) is 92.7 Å². The predicted octanol–water partition coefficient (Wildman–Crippen LogP) is 4.09. The smallest absolute Gasteiger partial charge is 0.253 e. The van der Waals surface area contributed by atoms with Crippen LogP contribution in [0.15, 0.2) is 23.1 Å². The van der Waals surface area contributed by atoms with Crippen LogP contribution >= 0.6 is 11.6 Å². The van der Waals surface area contributed by atoms with E-state index in [9.17, 15) is 13.2 Å². The molecule has 1 aliphatic heterocycles. The SMILES string of the molecule is CN(CC12CC3CC(CC(C3)C1)C2)C(=O)c1ccc(Cl)c(S(=O)(=O)NC[C@@H]2CCCO2)c1. The van der Waals surface area contributed by atoms with Gasteiger partial charge in [-0.1, -0.05) is 11.6 Å². The lowest BCUT2D eigenvalue weighted by Gasteiger charge is -2.57. The predicted molar refractivity (Wildman–Crippen MR) is 123 cm³/mol. The molecule has 4 saturated carbocycles. The molecule has 1 amide bonds. The van der Waals surface area contributed by atoms with Gasteiger partial charge in [-0.25, -0.2) is 13.1 Å². The Kier molecular flexibility index (Phi) is 6.06. The first kappa shape index (κ1) is 22.6. The summed E-state index contributed by atoms with van der Waals surface area (Å²) < 4.78 is 33.9. The average Bonchev–Trinajstić information content (AvgIpc) is 3.24. The van der Waals surface area contributed by atoms with Crippen LogP contribution in [0.1, 0.15) is 61.7 Å². The van der Waals surface area contributed by atoms with Gasteiger partial charge in [0.05, 0.1) is 11.1 Å². The van der Waals surface area contributed by atoms with Gasteiger partial charge in [0.25, 0.3) is 5.91 Å². The van der Waals surface area contributed by atoms with Crippen molar-refractivity contribution in [2.45, 2.75) is 62.4 Å². The van der Waals surface area contributed by atoms with Crippen molar-refractivity contribution in [2.24, 2.45) is 23.2 Å². The second-order valence-electron chi connectivity index (χ2n) is 10.7. The van der Waals surface area contributed by atoms with E-state index >= 15 is 0 Å². The molecule has 0 aromatic heterocycles. The largest absolute Gasteiger partial charge is 0.377 e. The highest BCUT2D eigenvalue weighted by Crippen LogP contribution is 2.60. The number of hydrogen-bond donors (Lipinski definition) is 1. The Morgan fingerprint density at radius 3 is 2.44 bits per heavy atom. The van der Waals surface area contributed by atoms with Gasteiger partial charge < -0.3 is 9.64 Å². The highest BCUT2D eigenvalue weighted by atomic mass is 35.5. The van der Waals surface area contributed by atoms with E-state index in [1.807, 2.05) is 7.05 Å². The third-order valence-electron chi connectivity index (χ3n) is 8.08. The van der Waals surface area contributed by atoms with E-state index in [-0.39, 0.29) is 33.9 Å². The summed E-state index contributed by atoms with van der Waals surface area (Å²) in [5.41, 5.74) is 0.600. The van der Waals surface area contributed by atoms with Gasteiger partial charge in [0, 0.05) is 32.3 Å². The van der Waals surface area contributed by atoms with E-state index in [0.29, 0.717) is 12.2 Å². The zero-order valence-electron chi connectivity index (χ0n) is 18.7. The second kappa shape index (κ2) is 8.57. The normalized spacial score (nSPS) is 33.6. The number of rotatable bonds is 7. The molecular weight excluding hydrogens is 448 g/mol. The van der Waals surface area contributed by atoms with Crippen LogP contribution in [0.25, 0.3) is 0 Å². The Morgan fingerprint density at radius 1 is 1.19 bits per heavy atom. The summed E-state index contributed by atoms with van der Waals surface area (Å²) in [7, 11) is -1.99. The van der Waals surface area contributed by atoms with Crippen LogP contribution in [0.4, 0.5) is 0 Å². The van der Waals surface area contributed by atoms with E-state index in [1.165, 1.54) is 50.7 Å². The number of nitrogens with one attached hydrogen (secondary N) is 1. The van der Waals surface area contributed by atoms with Gasteiger partial charge in [0.1, 0.15) is 4.90 Å². The zero-order chi connectivity index (χ0) is 22.5. The molecule has 5 fully saturated rings. The van der Waals surface area contributed by atoms with Crippen LogP contribution in [0, 0.1) is 23.2 Å². The number of amides is 1. The lowest BCUT2D eigenvalue weighted by Crippen LogP contribution is -2.51. The molecule has 6 rings (SSSR count). The molecule has 5 aliphatic rings. The molecule has 0 unspecified atom stereocenters. The molecule has 1 aromatic carbocycles. The molecule has 6 nitrogen and oxygen atoms in total. The van der Waals surface area contributed by atoms with E-state index < -0.39 is 10.0 Å². The Bertz CT molecular complexity index is 954. The maximum atomic E-state index is 13.3. The maximum absolute atomic E-state index is 13.3. The van der Waals surface area contributed by atoms with Crippen LogP contribution < -0.4 is 4.72 Å². The van der Waals surface area contributed by atoms with Gasteiger partial charge in [0.15, 0.2) is 0 Å². The first-order valence-corrected chi connectivity index (χ1v) is 13.8. The molecule has 1 N–H and O–H groups in total. The minimum Gasteiger partial charge on any atom is -0.377 e. The number of sulfonamides is 1. The van der Waals surface area contributed by atoms with E-state index in [0.717, 1.165) is 37.1 Å². The lowest BCUT2D eigenvalue weighted by atomic mass is 9.49. The number of halogens is 1. The Balaban J connectivity index is 1.29. The van der Waals surface area contributed by atoms with Gasteiger partial charge in [-0.3, -0.25) is 4.79 Å². The Hall–Kier alpha value is -1.15. The van der Waals surface area contributed by atoms with E-state index in [2.05, 4.69) is 4.72 Å². The summed E-state index contributed by atoms with van der Waals surface area (Å²) in [6, 6.07) is 4.55. The minimum atomic E-state index is -3.84. The van der Waals surface area contributed by atoms with Crippen molar-refractivity contribution >= 4 is 27.5 Å². The molecule has 1 atom stereocenters. The fraction of sp³-hybridized carbons (Fsp3) is 0.708. The Labute approximate surface area is 196 Å². The highest BCUT2D eigenvalue weighted by Gasteiger charge is 2.51. The summed E-state index contributed by atoms with van der Waals surface area (Å²) >= 11 is 6.23. The molecule has 1 saturated heterocycles. The number of ether oxygens (including phenoxy) is 1. The van der Waals surface area contributed by atoms with Crippen LogP contribution in [-0.4, -0.2) is 52.1 Å². The van der Waals surface area contributed by atoms with Gasteiger partial charge in [-0.2, -0.15) is 0 Å². The number of carbonyl (C=O) groups is 1. The van der Waals surface area contributed by atoms with Gasteiger partial charge in [0.2, 0.25) is 10.0 Å². The van der Waals surface area contributed by atoms with E-state index in [1.54, 1.807) is 11.0 Å². The molecule has 32 heavy (non-hydrogen) atoms. The van der Waals surface area contributed by atoms with Gasteiger partial charge >= 0.3 is 0 Å². The van der Waals surface area contributed by atoms with Crippen LogP contribution in [-0.2, 0) is 14.8 Å². The average molecular weight is 481 g/mol. The van der Waals surface area contributed by atoms with Crippen molar-refractivity contribution in [3.63, 3.8) is 0 Å².